The van der Waals surface area contributed by atoms with E-state index in [1.165, 1.54) is 25.3 Å². The highest BCUT2D eigenvalue weighted by Crippen LogP contribution is 2.41. The predicted molar refractivity (Wildman–Crippen MR) is 58.6 cm³/mol. The summed E-state index contributed by atoms with van der Waals surface area (Å²) in [5, 5.41) is 10.2. The molecule has 0 spiro atoms. The Morgan fingerprint density at radius 3 is 2.12 bits per heavy atom. The average Bonchev–Trinajstić information content (AvgIpc) is 2.32. The van der Waals surface area contributed by atoms with E-state index in [2.05, 4.69) is 4.98 Å². The fourth-order valence-corrected chi connectivity index (χ4v) is 1.50. The van der Waals surface area contributed by atoms with E-state index in [4.69, 9.17) is 5.73 Å². The van der Waals surface area contributed by atoms with Gasteiger partial charge >= 0.3 is 0 Å². The molecule has 0 aliphatic rings. The molecule has 0 saturated carbocycles. The molecule has 0 aromatic carbocycles. The Bertz CT molecular complexity index is 355. The van der Waals surface area contributed by atoms with Gasteiger partial charge in [0.15, 0.2) is 0 Å². The van der Waals surface area contributed by atoms with Crippen molar-refractivity contribution in [2.75, 3.05) is 25.8 Å². The Labute approximate surface area is 97.5 Å². The highest BCUT2D eigenvalue weighted by molar-refractivity contribution is 5.32. The van der Waals surface area contributed by atoms with Gasteiger partial charge < -0.3 is 10.8 Å². The molecule has 6 heteroatoms. The highest BCUT2D eigenvalue weighted by Gasteiger charge is 2.49. The van der Waals surface area contributed by atoms with E-state index in [1.807, 2.05) is 0 Å². The van der Waals surface area contributed by atoms with Crippen LogP contribution in [0.3, 0.4) is 0 Å². The van der Waals surface area contributed by atoms with E-state index in [-0.39, 0.29) is 11.4 Å². The predicted octanol–water partition coefficient (Wildman–Crippen LogP) is 1.77. The van der Waals surface area contributed by atoms with E-state index in [0.29, 0.717) is 0 Å². The lowest BCUT2D eigenvalue weighted by molar-refractivity contribution is -0.111. The van der Waals surface area contributed by atoms with Crippen molar-refractivity contribution in [2.45, 2.75) is 12.5 Å². The molecule has 0 aliphatic heterocycles. The minimum absolute atomic E-state index is 0.125. The van der Waals surface area contributed by atoms with Crippen LogP contribution in [0.2, 0.25) is 0 Å². The molecule has 0 radical (unpaired) electrons. The van der Waals surface area contributed by atoms with Crippen LogP contribution < -0.4 is 5.73 Å². The lowest BCUT2D eigenvalue weighted by Gasteiger charge is -2.39. The quantitative estimate of drug-likeness (QED) is 0.834. The van der Waals surface area contributed by atoms with Gasteiger partial charge in [-0.3, -0.25) is 13.2 Å². The van der Waals surface area contributed by atoms with E-state index in [9.17, 15) is 18.3 Å². The second-order valence-corrected chi connectivity index (χ2v) is 4.23. The Hall–Kier alpha value is -1.30. The van der Waals surface area contributed by atoms with Crippen LogP contribution in [0.4, 0.5) is 19.0 Å². The molecule has 96 valence electrons. The first-order valence-electron chi connectivity index (χ1n) is 5.06. The van der Waals surface area contributed by atoms with Gasteiger partial charge in [0.05, 0.1) is 5.41 Å². The highest BCUT2D eigenvalue weighted by atomic mass is 19.1. The summed E-state index contributed by atoms with van der Waals surface area (Å²) < 4.78 is 38.7. The summed E-state index contributed by atoms with van der Waals surface area (Å²) in [5.74, 6) is 0.205. The maximum atomic E-state index is 12.9. The number of nitrogen functional groups attached to an aromatic ring is 1. The van der Waals surface area contributed by atoms with E-state index < -0.39 is 31.0 Å². The molecule has 17 heavy (non-hydrogen) atoms. The van der Waals surface area contributed by atoms with E-state index in [1.54, 1.807) is 0 Å². The van der Waals surface area contributed by atoms with Crippen molar-refractivity contribution in [1.29, 1.82) is 0 Å². The van der Waals surface area contributed by atoms with Crippen LogP contribution in [0.25, 0.3) is 0 Å². The van der Waals surface area contributed by atoms with Crippen molar-refractivity contribution in [3.05, 3.63) is 23.9 Å². The average molecular weight is 248 g/mol. The Kier molecular flexibility index (Phi) is 3.98. The maximum Gasteiger partial charge on any atom is 0.123 e. The van der Waals surface area contributed by atoms with Crippen molar-refractivity contribution in [1.82, 2.24) is 4.98 Å². The largest absolute Gasteiger partial charge is 0.385 e. The fraction of sp³-hybridized carbons (Fsp3) is 0.545. The molecule has 0 saturated heterocycles. The van der Waals surface area contributed by atoms with Crippen molar-refractivity contribution >= 4 is 5.82 Å². The summed E-state index contributed by atoms with van der Waals surface area (Å²) in [7, 11) is 0. The summed E-state index contributed by atoms with van der Waals surface area (Å²) in [6.45, 7) is -2.76. The molecule has 1 heterocycles. The topological polar surface area (TPSA) is 59.1 Å². The van der Waals surface area contributed by atoms with Crippen LogP contribution in [0.5, 0.6) is 0 Å². The standard InChI is InChI=1S/C11H15F3N2O/c1-10(17,11(5-12,6-13)7-14)8-2-3-9(15)16-4-8/h2-4,17H,5-7H2,1H3,(H2,15,16). The molecule has 3 nitrogen and oxygen atoms in total. The second-order valence-electron chi connectivity index (χ2n) is 4.23. The number of alkyl halides is 3. The van der Waals surface area contributed by atoms with E-state index in [0.717, 1.165) is 0 Å². The zero-order chi connectivity index (χ0) is 13.1. The van der Waals surface area contributed by atoms with Crippen molar-refractivity contribution in [3.8, 4) is 0 Å². The molecular formula is C11H15F3N2O. The van der Waals surface area contributed by atoms with Gasteiger partial charge in [0.2, 0.25) is 0 Å². The molecule has 1 unspecified atom stereocenters. The summed E-state index contributed by atoms with van der Waals surface area (Å²) in [4.78, 5) is 3.71. The number of nitrogens with zero attached hydrogens (tertiary/aromatic N) is 1. The van der Waals surface area contributed by atoms with Gasteiger partial charge in [0.25, 0.3) is 0 Å². The number of aromatic nitrogens is 1. The van der Waals surface area contributed by atoms with Crippen molar-refractivity contribution < 1.29 is 18.3 Å². The molecule has 1 aromatic heterocycles. The van der Waals surface area contributed by atoms with Crippen LogP contribution in [0.15, 0.2) is 18.3 Å². The fourth-order valence-electron chi connectivity index (χ4n) is 1.50. The second kappa shape index (κ2) is 4.91. The number of pyridine rings is 1. The lowest BCUT2D eigenvalue weighted by Crippen LogP contribution is -2.49. The van der Waals surface area contributed by atoms with Gasteiger partial charge in [-0.2, -0.15) is 0 Å². The SMILES string of the molecule is CC(O)(c1ccc(N)nc1)C(CF)(CF)CF. The molecule has 0 bridgehead atoms. The first kappa shape index (κ1) is 13.8. The third-order valence-corrected chi connectivity index (χ3v) is 3.15. The van der Waals surface area contributed by atoms with Gasteiger partial charge in [0.1, 0.15) is 31.4 Å². The van der Waals surface area contributed by atoms with Crippen molar-refractivity contribution in [2.24, 2.45) is 5.41 Å². The number of rotatable bonds is 5. The number of hydrogen-bond acceptors (Lipinski definition) is 3. The van der Waals surface area contributed by atoms with Gasteiger partial charge in [-0.15, -0.1) is 0 Å². The minimum Gasteiger partial charge on any atom is -0.385 e. The number of nitrogens with two attached hydrogens (primary N) is 1. The lowest BCUT2D eigenvalue weighted by atomic mass is 9.72. The minimum atomic E-state index is -2.11. The van der Waals surface area contributed by atoms with Crippen LogP contribution in [0, 0.1) is 5.41 Å². The van der Waals surface area contributed by atoms with Gasteiger partial charge in [-0.1, -0.05) is 6.07 Å². The molecule has 1 rings (SSSR count). The monoisotopic (exact) mass is 248 g/mol. The summed E-state index contributed by atoms with van der Waals surface area (Å²) in [5.41, 5.74) is 1.39. The number of anilines is 1. The molecule has 1 aromatic rings. The number of halogens is 3. The zero-order valence-electron chi connectivity index (χ0n) is 9.46. The van der Waals surface area contributed by atoms with Gasteiger partial charge in [-0.05, 0) is 13.0 Å². The maximum absolute atomic E-state index is 12.9. The van der Waals surface area contributed by atoms with Crippen LogP contribution >= 0.6 is 0 Å². The molecule has 0 amide bonds. The third-order valence-electron chi connectivity index (χ3n) is 3.15. The molecule has 3 N–H and O–H groups in total. The summed E-state index contributed by atoms with van der Waals surface area (Å²) in [6.07, 6.45) is 1.19. The zero-order valence-corrected chi connectivity index (χ0v) is 9.46. The first-order valence-corrected chi connectivity index (χ1v) is 5.06. The van der Waals surface area contributed by atoms with Crippen molar-refractivity contribution in [3.63, 3.8) is 0 Å². The van der Waals surface area contributed by atoms with Crippen LogP contribution in [0.1, 0.15) is 12.5 Å². The van der Waals surface area contributed by atoms with Crippen LogP contribution in [-0.2, 0) is 5.60 Å². The Balaban J connectivity index is 3.20. The van der Waals surface area contributed by atoms with E-state index >= 15 is 0 Å². The molecular weight excluding hydrogens is 233 g/mol. The summed E-state index contributed by atoms with van der Waals surface area (Å²) >= 11 is 0. The smallest absolute Gasteiger partial charge is 0.123 e. The molecule has 0 aliphatic carbocycles. The van der Waals surface area contributed by atoms with Crippen LogP contribution in [-0.4, -0.2) is 30.1 Å². The molecule has 1 atom stereocenters. The molecule has 0 fully saturated rings. The third kappa shape index (κ3) is 2.22. The first-order chi connectivity index (χ1) is 7.93. The van der Waals surface area contributed by atoms with Gasteiger partial charge in [0, 0.05) is 11.8 Å². The number of aliphatic hydroxyl groups is 1. The summed E-state index contributed by atoms with van der Waals surface area (Å²) in [6, 6.07) is 2.75. The Morgan fingerprint density at radius 1 is 1.24 bits per heavy atom. The number of hydrogen-bond donors (Lipinski definition) is 2. The Morgan fingerprint density at radius 2 is 1.76 bits per heavy atom. The van der Waals surface area contributed by atoms with Gasteiger partial charge in [-0.25, -0.2) is 4.98 Å². The normalized spacial score (nSPS) is 15.6.